The molecule has 2 aliphatic heterocycles. The van der Waals surface area contributed by atoms with Crippen molar-refractivity contribution < 1.29 is 33.7 Å². The molecule has 8 heteroatoms. The standard InChI is InChI=1S/C114H128N4O3.Zn/c1-11-17-23-29-31-35-49-84(47-33-25-19-13-3)113-106-71-67-102(115-106)100(65-63-98-92-55-41-37-51-88(92)96(89-52-38-42-56-93(89)98)61-59-86-79-111(82(8)77-81(86)7)120-75-45-27-21-15-5)103-68-72-107(116-103)114(85(48-34-26-20-14-4)50-36-32-30-24-18-12-2)109-74-70-105(118-109)101(104-69-73-108(113)117-104)66-64-99-94-57-43-39-53-90(94)97(91-54-40-44-58-95(91)99)62-60-87-78-83(9)110(119-10)80-112(87)121-76-46-28-22-16-6;/h37-44,51-58,67-74,77-80,84-85H,11-36,45-50,75-76H2,1-10H3;/q-2;+2. The molecular formula is C114H128N4O3Zn. The Morgan fingerprint density at radius 2 is 0.590 bits per heavy atom. The summed E-state index contributed by atoms with van der Waals surface area (Å²) in [6, 6.07) is 52.2. The van der Waals surface area contributed by atoms with Crippen LogP contribution in [0.3, 0.4) is 0 Å². The second kappa shape index (κ2) is 46.8. The molecular weight excluding hydrogens is 1540 g/mol. The fourth-order valence-corrected chi connectivity index (χ4v) is 18.0. The molecule has 0 N–H and O–H groups in total. The fraction of sp³-hybridized carbons (Fsp3) is 0.404. The van der Waals surface area contributed by atoms with E-state index in [-0.39, 0.29) is 31.3 Å². The molecule has 8 aromatic carbocycles. The van der Waals surface area contributed by atoms with Gasteiger partial charge in [0.2, 0.25) is 0 Å². The summed E-state index contributed by atoms with van der Waals surface area (Å²) in [6.45, 7) is 21.4. The van der Waals surface area contributed by atoms with Crippen molar-refractivity contribution in [1.82, 2.24) is 19.9 Å². The molecule has 122 heavy (non-hydrogen) atoms. The van der Waals surface area contributed by atoms with Crippen LogP contribution in [0.2, 0.25) is 0 Å². The van der Waals surface area contributed by atoms with Crippen LogP contribution in [-0.2, 0) is 19.5 Å². The fourth-order valence-electron chi connectivity index (χ4n) is 18.0. The van der Waals surface area contributed by atoms with Crippen LogP contribution in [0.25, 0.3) is 89.5 Å². The molecule has 0 fully saturated rings. The number of aryl methyl sites for hydroxylation is 3. The van der Waals surface area contributed by atoms with Crippen LogP contribution in [0, 0.1) is 68.1 Å². The molecule has 5 heterocycles. The van der Waals surface area contributed by atoms with Gasteiger partial charge in [-0.1, -0.05) is 383 Å². The monoisotopic (exact) mass is 1660 g/mol. The first-order valence-electron chi connectivity index (χ1n) is 46.6. The van der Waals surface area contributed by atoms with Gasteiger partial charge in [0.15, 0.2) is 0 Å². The van der Waals surface area contributed by atoms with Crippen LogP contribution in [0.4, 0.5) is 0 Å². The number of fused-ring (bicyclic) bond motifs is 12. The molecule has 8 bridgehead atoms. The van der Waals surface area contributed by atoms with E-state index in [0.29, 0.717) is 13.2 Å². The average molecular weight is 1670 g/mol. The number of ether oxygens (including phenoxy) is 3. The molecule has 11 aromatic rings. The van der Waals surface area contributed by atoms with Crippen LogP contribution >= 0.6 is 0 Å². The maximum absolute atomic E-state index is 6.54. The van der Waals surface area contributed by atoms with Gasteiger partial charge in [0.25, 0.3) is 0 Å². The van der Waals surface area contributed by atoms with Gasteiger partial charge in [-0.2, -0.15) is 0 Å². The number of unbranched alkanes of at least 4 members (excludes halogenated alkanes) is 22. The molecule has 0 aliphatic carbocycles. The van der Waals surface area contributed by atoms with E-state index in [1.807, 2.05) is 6.07 Å². The van der Waals surface area contributed by atoms with E-state index in [4.69, 9.17) is 34.1 Å². The molecule has 2 aliphatic rings. The normalized spacial score (nSPS) is 12.0. The first kappa shape index (κ1) is 90.9. The van der Waals surface area contributed by atoms with Crippen LogP contribution in [0.1, 0.15) is 354 Å². The summed E-state index contributed by atoms with van der Waals surface area (Å²) in [6.07, 6.45) is 46.2. The van der Waals surface area contributed by atoms with Crippen molar-refractivity contribution in [3.63, 3.8) is 0 Å². The van der Waals surface area contributed by atoms with E-state index in [2.05, 4.69) is 274 Å². The minimum Gasteiger partial charge on any atom is -0.656 e. The van der Waals surface area contributed by atoms with Crippen molar-refractivity contribution >= 4 is 89.5 Å². The zero-order valence-corrected chi connectivity index (χ0v) is 78.0. The van der Waals surface area contributed by atoms with Crippen LogP contribution in [0.15, 0.2) is 146 Å². The molecule has 2 unspecified atom stereocenters. The van der Waals surface area contributed by atoms with Crippen LogP contribution in [-0.4, -0.2) is 30.3 Å². The maximum Gasteiger partial charge on any atom is 2.00 e. The second-order valence-corrected chi connectivity index (χ2v) is 33.9. The molecule has 0 amide bonds. The molecule has 7 nitrogen and oxygen atoms in total. The summed E-state index contributed by atoms with van der Waals surface area (Å²) in [4.78, 5) is 23.7. The maximum atomic E-state index is 6.54. The average Bonchev–Trinajstić information content (AvgIpc) is 1.28. The predicted octanol–water partition coefficient (Wildman–Crippen LogP) is 30.6. The summed E-state index contributed by atoms with van der Waals surface area (Å²) in [5.41, 5.74) is 19.8. The second-order valence-electron chi connectivity index (χ2n) is 33.9. The van der Waals surface area contributed by atoms with E-state index in [1.165, 1.54) is 146 Å². The van der Waals surface area contributed by atoms with Gasteiger partial charge in [-0.25, -0.2) is 9.97 Å². The molecule has 0 radical (unpaired) electrons. The zero-order chi connectivity index (χ0) is 84.1. The molecule has 0 spiro atoms. The summed E-state index contributed by atoms with van der Waals surface area (Å²) in [5.74, 6) is 33.4. The summed E-state index contributed by atoms with van der Waals surface area (Å²) in [7, 11) is 1.72. The molecule has 2 atom stereocenters. The molecule has 0 saturated carbocycles. The third kappa shape index (κ3) is 22.9. The number of hydrogen-bond acceptors (Lipinski definition) is 5. The van der Waals surface area contributed by atoms with Gasteiger partial charge < -0.3 is 24.2 Å². The third-order valence-corrected chi connectivity index (χ3v) is 24.8. The van der Waals surface area contributed by atoms with Gasteiger partial charge >= 0.3 is 19.5 Å². The minimum absolute atomic E-state index is 0. The van der Waals surface area contributed by atoms with E-state index in [0.717, 1.165) is 237 Å². The minimum atomic E-state index is 0. The van der Waals surface area contributed by atoms with Crippen molar-refractivity contribution in [2.45, 2.75) is 280 Å². The quantitative estimate of drug-likeness (QED) is 0.0164. The van der Waals surface area contributed by atoms with Gasteiger partial charge in [0.05, 0.1) is 48.7 Å². The molecule has 3 aromatic heterocycles. The van der Waals surface area contributed by atoms with Crippen molar-refractivity contribution in [3.8, 4) is 64.6 Å². The van der Waals surface area contributed by atoms with Crippen molar-refractivity contribution in [3.05, 3.63) is 241 Å². The summed E-state index contributed by atoms with van der Waals surface area (Å²) >= 11 is 0. The van der Waals surface area contributed by atoms with E-state index in [9.17, 15) is 0 Å². The Bertz CT molecular complexity index is 5790. The van der Waals surface area contributed by atoms with Gasteiger partial charge in [-0.3, -0.25) is 0 Å². The number of rotatable bonds is 39. The Labute approximate surface area is 743 Å². The number of methoxy groups -OCH3 is 1. The first-order chi connectivity index (χ1) is 59.5. The smallest absolute Gasteiger partial charge is 0.656 e. The number of nitrogens with zero attached hydrogens (tertiary/aromatic N) is 4. The van der Waals surface area contributed by atoms with Gasteiger partial charge in [-0.05, 0) is 178 Å². The van der Waals surface area contributed by atoms with E-state index in [1.54, 1.807) is 7.11 Å². The van der Waals surface area contributed by atoms with Crippen molar-refractivity contribution in [2.75, 3.05) is 20.3 Å². The SMILES string of the molecule is CCCCCCCCC(CCCCCC)c1c2nc(c(C#Cc3c4ccccc4c(C#Cc4cc(C)c(OC)cc4OCCCCCC)c4ccccc34)c3ccc([n-]3)c(C(CCCCCC)CCCCCCCC)c3nc(c(C#Cc4c5ccccc5c(C#Cc5cc(OCCCCCC)c(C)cc5C)c5ccccc45)c4ccc1[n-]4)C=C3)C=C2.[Zn+2]. The molecule has 624 valence electrons. The van der Waals surface area contributed by atoms with Gasteiger partial charge in [0, 0.05) is 45.0 Å². The van der Waals surface area contributed by atoms with E-state index < -0.39 is 0 Å². The van der Waals surface area contributed by atoms with Crippen molar-refractivity contribution in [2.24, 2.45) is 0 Å². The number of hydrogen-bond donors (Lipinski definition) is 0. The summed E-state index contributed by atoms with van der Waals surface area (Å²) in [5, 5.41) is 8.36. The Morgan fingerprint density at radius 3 is 0.967 bits per heavy atom. The first-order valence-corrected chi connectivity index (χ1v) is 46.6. The third-order valence-electron chi connectivity index (χ3n) is 24.8. The van der Waals surface area contributed by atoms with Crippen LogP contribution < -0.4 is 24.2 Å². The number of aromatic nitrogens is 4. The Balaban J connectivity index is 0.0000136. The summed E-state index contributed by atoms with van der Waals surface area (Å²) < 4.78 is 18.8. The Morgan fingerprint density at radius 1 is 0.287 bits per heavy atom. The largest absolute Gasteiger partial charge is 2.00 e. The zero-order valence-electron chi connectivity index (χ0n) is 75.1. The van der Waals surface area contributed by atoms with Crippen LogP contribution in [0.5, 0.6) is 17.2 Å². The van der Waals surface area contributed by atoms with Crippen molar-refractivity contribution in [1.29, 1.82) is 0 Å². The predicted molar refractivity (Wildman–Crippen MR) is 516 cm³/mol. The van der Waals surface area contributed by atoms with E-state index >= 15 is 0 Å². The Kier molecular flexibility index (Phi) is 34.9. The van der Waals surface area contributed by atoms with Gasteiger partial charge in [-0.15, -0.1) is 22.1 Å². The molecule has 13 rings (SSSR count). The van der Waals surface area contributed by atoms with Gasteiger partial charge in [0.1, 0.15) is 17.2 Å². The number of benzene rings is 8. The topological polar surface area (TPSA) is 81.7 Å². The molecule has 0 saturated heterocycles. The Hall–Kier alpha value is -10.3.